The summed E-state index contributed by atoms with van der Waals surface area (Å²) in [6, 6.07) is -0.108. The van der Waals surface area contributed by atoms with E-state index >= 15 is 0 Å². The van der Waals surface area contributed by atoms with Crippen LogP contribution in [0.3, 0.4) is 0 Å². The maximum Gasteiger partial charge on any atom is 0.407 e. The van der Waals surface area contributed by atoms with Crippen LogP contribution in [0.2, 0.25) is 0 Å². The Morgan fingerprint density at radius 3 is 3.00 bits per heavy atom. The number of hydrogen-bond acceptors (Lipinski definition) is 3. The Morgan fingerprint density at radius 2 is 2.50 bits per heavy atom. The lowest BCUT2D eigenvalue weighted by Gasteiger charge is -2.19. The first-order chi connectivity index (χ1) is 5.65. The summed E-state index contributed by atoms with van der Waals surface area (Å²) in [4.78, 5) is 12.0. The van der Waals surface area contributed by atoms with E-state index in [-0.39, 0.29) is 12.1 Å². The monoisotopic (exact) mass is 174 g/mol. The fourth-order valence-electron chi connectivity index (χ4n) is 1.54. The SMILES string of the molecule is COC[C@H]1C[C@@H](N)CN1C(=O)O. The van der Waals surface area contributed by atoms with E-state index in [9.17, 15) is 4.79 Å². The lowest BCUT2D eigenvalue weighted by Crippen LogP contribution is -2.37. The molecule has 0 aromatic heterocycles. The van der Waals surface area contributed by atoms with Crippen LogP contribution in [0.15, 0.2) is 0 Å². The minimum atomic E-state index is -0.912. The van der Waals surface area contributed by atoms with E-state index in [1.54, 1.807) is 7.11 Å². The Labute approximate surface area is 71.1 Å². The van der Waals surface area contributed by atoms with Gasteiger partial charge in [-0.3, -0.25) is 0 Å². The predicted octanol–water partition coefficient (Wildman–Crippen LogP) is -0.288. The van der Waals surface area contributed by atoms with Crippen LogP contribution >= 0.6 is 0 Å². The fourth-order valence-corrected chi connectivity index (χ4v) is 1.54. The topological polar surface area (TPSA) is 75.8 Å². The molecule has 0 aromatic rings. The van der Waals surface area contributed by atoms with Gasteiger partial charge in [-0.15, -0.1) is 0 Å². The van der Waals surface area contributed by atoms with Crippen molar-refractivity contribution in [3.8, 4) is 0 Å². The zero-order chi connectivity index (χ0) is 9.14. The van der Waals surface area contributed by atoms with Crippen molar-refractivity contribution in [3.05, 3.63) is 0 Å². The fraction of sp³-hybridized carbons (Fsp3) is 0.857. The summed E-state index contributed by atoms with van der Waals surface area (Å²) < 4.78 is 4.89. The molecule has 3 N–H and O–H groups in total. The molecule has 1 fully saturated rings. The number of amides is 1. The van der Waals surface area contributed by atoms with Gasteiger partial charge in [0.15, 0.2) is 0 Å². The Hall–Kier alpha value is -0.810. The largest absolute Gasteiger partial charge is 0.465 e. The Balaban J connectivity index is 2.53. The van der Waals surface area contributed by atoms with Crippen molar-refractivity contribution in [1.29, 1.82) is 0 Å². The second-order valence-corrected chi connectivity index (χ2v) is 3.04. The van der Waals surface area contributed by atoms with Crippen LogP contribution in [0.25, 0.3) is 0 Å². The lowest BCUT2D eigenvalue weighted by atomic mass is 10.2. The average molecular weight is 174 g/mol. The van der Waals surface area contributed by atoms with Crippen molar-refractivity contribution in [2.24, 2.45) is 5.73 Å². The standard InChI is InChI=1S/C7H14N2O3/c1-12-4-6-2-5(8)3-9(6)7(10)11/h5-6H,2-4,8H2,1H3,(H,10,11)/t5-,6-/m1/s1. The van der Waals surface area contributed by atoms with Gasteiger partial charge in [0.05, 0.1) is 12.6 Å². The number of rotatable bonds is 2. The third-order valence-corrected chi connectivity index (χ3v) is 2.05. The quantitative estimate of drug-likeness (QED) is 0.603. The molecule has 0 spiro atoms. The second-order valence-electron chi connectivity index (χ2n) is 3.04. The van der Waals surface area contributed by atoms with Crippen LogP contribution in [-0.4, -0.2) is 48.4 Å². The van der Waals surface area contributed by atoms with Crippen molar-refractivity contribution in [2.75, 3.05) is 20.3 Å². The summed E-state index contributed by atoms with van der Waals surface area (Å²) >= 11 is 0. The van der Waals surface area contributed by atoms with Crippen LogP contribution in [0, 0.1) is 0 Å². The molecule has 5 nitrogen and oxygen atoms in total. The Kier molecular flexibility index (Phi) is 2.88. The summed E-state index contributed by atoms with van der Waals surface area (Å²) in [5, 5.41) is 8.74. The van der Waals surface area contributed by atoms with E-state index in [4.69, 9.17) is 15.6 Å². The number of likely N-dealkylation sites (tertiary alicyclic amines) is 1. The third kappa shape index (κ3) is 1.86. The first kappa shape index (κ1) is 9.28. The molecule has 5 heteroatoms. The summed E-state index contributed by atoms with van der Waals surface area (Å²) in [5.41, 5.74) is 5.62. The van der Waals surface area contributed by atoms with Gasteiger partial charge in [0, 0.05) is 19.7 Å². The highest BCUT2D eigenvalue weighted by atomic mass is 16.5. The summed E-state index contributed by atoms with van der Waals surface area (Å²) in [7, 11) is 1.56. The summed E-state index contributed by atoms with van der Waals surface area (Å²) in [5.74, 6) is 0. The van der Waals surface area contributed by atoms with Gasteiger partial charge in [0.1, 0.15) is 0 Å². The van der Waals surface area contributed by atoms with Gasteiger partial charge in [0.25, 0.3) is 0 Å². The van der Waals surface area contributed by atoms with Crippen molar-refractivity contribution < 1.29 is 14.6 Å². The molecule has 1 rings (SSSR count). The molecule has 0 saturated carbocycles. The van der Waals surface area contributed by atoms with Crippen LogP contribution < -0.4 is 5.73 Å². The molecule has 1 amide bonds. The van der Waals surface area contributed by atoms with Crippen LogP contribution in [-0.2, 0) is 4.74 Å². The van der Waals surface area contributed by atoms with Crippen LogP contribution in [0.1, 0.15) is 6.42 Å². The third-order valence-electron chi connectivity index (χ3n) is 2.05. The molecular formula is C7H14N2O3. The van der Waals surface area contributed by atoms with Gasteiger partial charge >= 0.3 is 6.09 Å². The van der Waals surface area contributed by atoms with Crippen molar-refractivity contribution in [3.63, 3.8) is 0 Å². The van der Waals surface area contributed by atoms with Crippen molar-refractivity contribution in [2.45, 2.75) is 18.5 Å². The van der Waals surface area contributed by atoms with Crippen LogP contribution in [0.4, 0.5) is 4.79 Å². The number of nitrogens with two attached hydrogens (primary N) is 1. The zero-order valence-electron chi connectivity index (χ0n) is 7.06. The molecule has 0 aliphatic carbocycles. The van der Waals surface area contributed by atoms with Gasteiger partial charge in [-0.05, 0) is 6.42 Å². The van der Waals surface area contributed by atoms with E-state index in [0.29, 0.717) is 19.6 Å². The van der Waals surface area contributed by atoms with E-state index in [2.05, 4.69) is 0 Å². The van der Waals surface area contributed by atoms with Gasteiger partial charge in [-0.2, -0.15) is 0 Å². The average Bonchev–Trinajstić information content (AvgIpc) is 2.32. The molecule has 1 heterocycles. The molecule has 12 heavy (non-hydrogen) atoms. The minimum absolute atomic E-state index is 0.0405. The molecule has 0 aromatic carbocycles. The minimum Gasteiger partial charge on any atom is -0.465 e. The second kappa shape index (κ2) is 3.73. The first-order valence-electron chi connectivity index (χ1n) is 3.89. The highest BCUT2D eigenvalue weighted by molar-refractivity contribution is 5.66. The molecule has 0 unspecified atom stereocenters. The van der Waals surface area contributed by atoms with Crippen molar-refractivity contribution in [1.82, 2.24) is 4.90 Å². The number of nitrogens with zero attached hydrogens (tertiary/aromatic N) is 1. The van der Waals surface area contributed by atoms with Gasteiger partial charge in [0.2, 0.25) is 0 Å². The van der Waals surface area contributed by atoms with E-state index < -0.39 is 6.09 Å². The maximum absolute atomic E-state index is 10.6. The van der Waals surface area contributed by atoms with E-state index in [1.807, 2.05) is 0 Å². The molecule has 1 aliphatic heterocycles. The lowest BCUT2D eigenvalue weighted by molar-refractivity contribution is 0.0990. The Bertz CT molecular complexity index is 174. The molecule has 1 aliphatic rings. The molecule has 0 radical (unpaired) electrons. The van der Waals surface area contributed by atoms with Gasteiger partial charge in [-0.25, -0.2) is 4.79 Å². The highest BCUT2D eigenvalue weighted by Crippen LogP contribution is 2.16. The van der Waals surface area contributed by atoms with Gasteiger partial charge in [-0.1, -0.05) is 0 Å². The maximum atomic E-state index is 10.6. The van der Waals surface area contributed by atoms with E-state index in [1.165, 1.54) is 4.90 Å². The normalized spacial score (nSPS) is 29.3. The zero-order valence-corrected chi connectivity index (χ0v) is 7.06. The molecule has 2 atom stereocenters. The summed E-state index contributed by atoms with van der Waals surface area (Å²) in [6.07, 6.45) is -0.217. The predicted molar refractivity (Wildman–Crippen MR) is 43.0 cm³/mol. The molecule has 70 valence electrons. The number of ether oxygens (including phenoxy) is 1. The molecule has 0 bridgehead atoms. The number of carbonyl (C=O) groups is 1. The first-order valence-corrected chi connectivity index (χ1v) is 3.89. The molecule has 1 saturated heterocycles. The van der Waals surface area contributed by atoms with Crippen molar-refractivity contribution >= 4 is 6.09 Å². The number of methoxy groups -OCH3 is 1. The van der Waals surface area contributed by atoms with Crippen LogP contribution in [0.5, 0.6) is 0 Å². The Morgan fingerprint density at radius 1 is 1.83 bits per heavy atom. The summed E-state index contributed by atoms with van der Waals surface area (Å²) in [6.45, 7) is 0.851. The van der Waals surface area contributed by atoms with Gasteiger partial charge < -0.3 is 20.5 Å². The molecular weight excluding hydrogens is 160 g/mol. The highest BCUT2D eigenvalue weighted by Gasteiger charge is 2.32. The van der Waals surface area contributed by atoms with E-state index in [0.717, 1.165) is 0 Å². The number of carboxylic acid groups (broad SMARTS) is 1. The smallest absolute Gasteiger partial charge is 0.407 e. The number of hydrogen-bond donors (Lipinski definition) is 2.